The number of carbonyl (C=O) groups is 1. The third-order valence-corrected chi connectivity index (χ3v) is 3.16. The second kappa shape index (κ2) is 9.32. The molecular formula is C15H32N2O2. The van der Waals surface area contributed by atoms with Gasteiger partial charge < -0.3 is 9.64 Å². The first-order valence-corrected chi connectivity index (χ1v) is 7.49. The molecule has 0 fully saturated rings. The molecule has 1 N–H and O–H groups in total. The fraction of sp³-hybridized carbons (Fsp3) is 0.933. The summed E-state index contributed by atoms with van der Waals surface area (Å²) < 4.78 is 5.20. The van der Waals surface area contributed by atoms with Gasteiger partial charge in [-0.25, -0.2) is 0 Å². The van der Waals surface area contributed by atoms with Gasteiger partial charge in [0.1, 0.15) is 5.54 Å². The summed E-state index contributed by atoms with van der Waals surface area (Å²) in [5.41, 5.74) is -0.572. The SMILES string of the molecule is CCCN(C)CCCC(C)(NC(C)C)C(=O)OCC. The maximum atomic E-state index is 12.1. The zero-order chi connectivity index (χ0) is 14.9. The average Bonchev–Trinajstić information content (AvgIpc) is 2.28. The van der Waals surface area contributed by atoms with E-state index < -0.39 is 5.54 Å². The molecule has 0 aliphatic carbocycles. The minimum absolute atomic E-state index is 0.137. The summed E-state index contributed by atoms with van der Waals surface area (Å²) >= 11 is 0. The highest BCUT2D eigenvalue weighted by atomic mass is 16.5. The van der Waals surface area contributed by atoms with Crippen LogP contribution in [-0.4, -0.2) is 49.2 Å². The molecule has 4 heteroatoms. The molecule has 0 saturated carbocycles. The molecule has 0 aromatic heterocycles. The lowest BCUT2D eigenvalue weighted by Gasteiger charge is -2.31. The van der Waals surface area contributed by atoms with Crippen LogP contribution in [0.1, 0.15) is 53.9 Å². The molecule has 0 aliphatic heterocycles. The van der Waals surface area contributed by atoms with Crippen LogP contribution in [0.3, 0.4) is 0 Å². The van der Waals surface area contributed by atoms with E-state index in [2.05, 4.69) is 38.0 Å². The van der Waals surface area contributed by atoms with Gasteiger partial charge in [-0.1, -0.05) is 6.92 Å². The molecule has 1 unspecified atom stereocenters. The molecule has 0 rings (SSSR count). The number of carbonyl (C=O) groups excluding carboxylic acids is 1. The van der Waals surface area contributed by atoms with Gasteiger partial charge in [0, 0.05) is 6.04 Å². The summed E-state index contributed by atoms with van der Waals surface area (Å²) in [7, 11) is 2.13. The van der Waals surface area contributed by atoms with Crippen molar-refractivity contribution in [3.63, 3.8) is 0 Å². The highest BCUT2D eigenvalue weighted by Crippen LogP contribution is 2.16. The van der Waals surface area contributed by atoms with Gasteiger partial charge in [-0.2, -0.15) is 0 Å². The van der Waals surface area contributed by atoms with Crippen LogP contribution in [0.2, 0.25) is 0 Å². The van der Waals surface area contributed by atoms with Gasteiger partial charge in [0.25, 0.3) is 0 Å². The normalized spacial score (nSPS) is 14.7. The van der Waals surface area contributed by atoms with Crippen LogP contribution in [0.4, 0.5) is 0 Å². The first-order valence-electron chi connectivity index (χ1n) is 7.49. The Kier molecular flexibility index (Phi) is 9.02. The maximum Gasteiger partial charge on any atom is 0.326 e. The Hall–Kier alpha value is -0.610. The van der Waals surface area contributed by atoms with Crippen LogP contribution < -0.4 is 5.32 Å². The Bertz CT molecular complexity index is 257. The first kappa shape index (κ1) is 18.4. The molecule has 0 aliphatic rings. The number of nitrogens with zero attached hydrogens (tertiary/aromatic N) is 1. The highest BCUT2D eigenvalue weighted by Gasteiger charge is 2.34. The molecule has 0 spiro atoms. The topological polar surface area (TPSA) is 41.6 Å². The van der Waals surface area contributed by atoms with Crippen LogP contribution in [0, 0.1) is 0 Å². The first-order chi connectivity index (χ1) is 8.85. The Morgan fingerprint density at radius 3 is 2.42 bits per heavy atom. The molecule has 4 nitrogen and oxygen atoms in total. The van der Waals surface area contributed by atoms with E-state index in [-0.39, 0.29) is 12.0 Å². The molecule has 1 atom stereocenters. The second-order valence-electron chi connectivity index (χ2n) is 5.76. The lowest BCUT2D eigenvalue weighted by Crippen LogP contribution is -2.53. The number of esters is 1. The van der Waals surface area contributed by atoms with Gasteiger partial charge in [-0.15, -0.1) is 0 Å². The van der Waals surface area contributed by atoms with E-state index in [0.717, 1.165) is 32.4 Å². The van der Waals surface area contributed by atoms with Gasteiger partial charge in [-0.05, 0) is 67.1 Å². The summed E-state index contributed by atoms with van der Waals surface area (Å²) in [6.07, 6.45) is 2.96. The summed E-state index contributed by atoms with van der Waals surface area (Å²) in [6, 6.07) is 0.266. The fourth-order valence-corrected chi connectivity index (χ4v) is 2.36. The number of rotatable bonds is 10. The van der Waals surface area contributed by atoms with Crippen LogP contribution in [0.5, 0.6) is 0 Å². The molecule has 0 aromatic rings. The van der Waals surface area contributed by atoms with Crippen molar-refractivity contribution in [1.29, 1.82) is 0 Å². The zero-order valence-electron chi connectivity index (χ0n) is 13.6. The molecule has 0 aromatic carbocycles. The summed E-state index contributed by atoms with van der Waals surface area (Å²) in [5.74, 6) is -0.137. The molecule has 0 amide bonds. The number of nitrogens with one attached hydrogen (secondary N) is 1. The summed E-state index contributed by atoms with van der Waals surface area (Å²) in [5, 5.41) is 3.35. The zero-order valence-corrected chi connectivity index (χ0v) is 13.6. The lowest BCUT2D eigenvalue weighted by molar-refractivity contribution is -0.151. The van der Waals surface area contributed by atoms with E-state index in [4.69, 9.17) is 4.74 Å². The predicted octanol–water partition coefficient (Wildman–Crippen LogP) is 2.43. The van der Waals surface area contributed by atoms with Gasteiger partial charge >= 0.3 is 5.97 Å². The van der Waals surface area contributed by atoms with Crippen molar-refractivity contribution < 1.29 is 9.53 Å². The Morgan fingerprint density at radius 2 is 1.95 bits per heavy atom. The van der Waals surface area contributed by atoms with E-state index in [0.29, 0.717) is 6.61 Å². The van der Waals surface area contributed by atoms with Crippen LogP contribution in [0.25, 0.3) is 0 Å². The van der Waals surface area contributed by atoms with E-state index >= 15 is 0 Å². The molecule has 19 heavy (non-hydrogen) atoms. The molecule has 0 saturated heterocycles. The van der Waals surface area contributed by atoms with Crippen molar-refractivity contribution >= 4 is 5.97 Å². The number of hydrogen-bond donors (Lipinski definition) is 1. The minimum atomic E-state index is -0.572. The quantitative estimate of drug-likeness (QED) is 0.620. The van der Waals surface area contributed by atoms with E-state index in [1.54, 1.807) is 0 Å². The van der Waals surface area contributed by atoms with Crippen molar-refractivity contribution in [3.05, 3.63) is 0 Å². The van der Waals surface area contributed by atoms with Gasteiger partial charge in [0.2, 0.25) is 0 Å². The Morgan fingerprint density at radius 1 is 1.32 bits per heavy atom. The third kappa shape index (κ3) is 7.53. The van der Waals surface area contributed by atoms with Crippen LogP contribution in [-0.2, 0) is 9.53 Å². The number of ether oxygens (including phenoxy) is 1. The summed E-state index contributed by atoms with van der Waals surface area (Å²) in [6.45, 7) is 12.6. The predicted molar refractivity (Wildman–Crippen MR) is 80.3 cm³/mol. The van der Waals surface area contributed by atoms with Crippen molar-refractivity contribution in [1.82, 2.24) is 10.2 Å². The molecular weight excluding hydrogens is 240 g/mol. The highest BCUT2D eigenvalue weighted by molar-refractivity contribution is 5.80. The second-order valence-corrected chi connectivity index (χ2v) is 5.76. The van der Waals surface area contributed by atoms with Gasteiger partial charge in [0.05, 0.1) is 6.61 Å². The third-order valence-electron chi connectivity index (χ3n) is 3.16. The molecule has 0 bridgehead atoms. The van der Waals surface area contributed by atoms with Crippen LogP contribution in [0.15, 0.2) is 0 Å². The molecule has 0 radical (unpaired) electrons. The Balaban J connectivity index is 4.38. The van der Waals surface area contributed by atoms with E-state index in [1.165, 1.54) is 0 Å². The summed E-state index contributed by atoms with van der Waals surface area (Å²) in [4.78, 5) is 14.4. The van der Waals surface area contributed by atoms with Crippen molar-refractivity contribution in [3.8, 4) is 0 Å². The maximum absolute atomic E-state index is 12.1. The van der Waals surface area contributed by atoms with E-state index in [1.807, 2.05) is 13.8 Å². The van der Waals surface area contributed by atoms with Gasteiger partial charge in [0.15, 0.2) is 0 Å². The lowest BCUT2D eigenvalue weighted by atomic mass is 9.94. The van der Waals surface area contributed by atoms with Crippen molar-refractivity contribution in [2.45, 2.75) is 65.5 Å². The minimum Gasteiger partial charge on any atom is -0.465 e. The van der Waals surface area contributed by atoms with Crippen LogP contribution >= 0.6 is 0 Å². The van der Waals surface area contributed by atoms with Crippen molar-refractivity contribution in [2.24, 2.45) is 0 Å². The molecule has 0 heterocycles. The molecule has 114 valence electrons. The Labute approximate surface area is 118 Å². The number of hydrogen-bond acceptors (Lipinski definition) is 4. The smallest absolute Gasteiger partial charge is 0.326 e. The van der Waals surface area contributed by atoms with Gasteiger partial charge in [-0.3, -0.25) is 10.1 Å². The monoisotopic (exact) mass is 272 g/mol. The van der Waals surface area contributed by atoms with Crippen molar-refractivity contribution in [2.75, 3.05) is 26.7 Å². The fourth-order valence-electron chi connectivity index (χ4n) is 2.36. The van der Waals surface area contributed by atoms with E-state index in [9.17, 15) is 4.79 Å². The average molecular weight is 272 g/mol. The standard InChI is InChI=1S/C15H32N2O2/c1-7-11-17(6)12-9-10-15(5,16-13(3)4)14(18)19-8-2/h13,16H,7-12H2,1-6H3. The largest absolute Gasteiger partial charge is 0.465 e.